The molecule has 2 fully saturated rings. The molecule has 2 unspecified atom stereocenters. The molecule has 0 radical (unpaired) electrons. The zero-order valence-electron chi connectivity index (χ0n) is 17.8. The molecular formula is C23H34N4O2. The maximum Gasteiger partial charge on any atom is 0.241 e. The number of para-hydroxylation sites is 1. The van der Waals surface area contributed by atoms with Crippen LogP contribution in [-0.2, 0) is 16.0 Å². The van der Waals surface area contributed by atoms with Crippen molar-refractivity contribution in [2.45, 2.75) is 26.7 Å². The predicted octanol–water partition coefficient (Wildman–Crippen LogP) is 1.70. The molecule has 0 bridgehead atoms. The first-order chi connectivity index (χ1) is 14.0. The van der Waals surface area contributed by atoms with Crippen LogP contribution in [0.2, 0.25) is 0 Å². The van der Waals surface area contributed by atoms with Crippen LogP contribution in [0.1, 0.15) is 25.8 Å². The second kappa shape index (κ2) is 8.84. The number of benzene rings is 1. The largest absolute Gasteiger partial charge is 0.341 e. The summed E-state index contributed by atoms with van der Waals surface area (Å²) >= 11 is 0. The van der Waals surface area contributed by atoms with E-state index in [2.05, 4.69) is 34.6 Å². The molecule has 6 heteroatoms. The van der Waals surface area contributed by atoms with Gasteiger partial charge in [0.1, 0.15) is 0 Å². The Bertz CT molecular complexity index is 734. The van der Waals surface area contributed by atoms with E-state index in [9.17, 15) is 9.59 Å². The summed E-state index contributed by atoms with van der Waals surface area (Å²) in [5, 5.41) is 0. The van der Waals surface area contributed by atoms with Gasteiger partial charge < -0.3 is 9.80 Å². The molecule has 4 rings (SSSR count). The molecule has 0 aromatic heterocycles. The van der Waals surface area contributed by atoms with Crippen LogP contribution in [0.4, 0.5) is 5.69 Å². The summed E-state index contributed by atoms with van der Waals surface area (Å²) in [5.41, 5.74) is 2.34. The minimum atomic E-state index is 0.191. The molecule has 6 nitrogen and oxygen atoms in total. The Kier molecular flexibility index (Phi) is 6.20. The number of piperazine rings is 1. The van der Waals surface area contributed by atoms with Gasteiger partial charge in [0.15, 0.2) is 0 Å². The quantitative estimate of drug-likeness (QED) is 0.775. The summed E-state index contributed by atoms with van der Waals surface area (Å²) in [7, 11) is 0. The van der Waals surface area contributed by atoms with E-state index in [1.54, 1.807) is 0 Å². The number of carbonyl (C=O) groups excluding carboxylic acids is 2. The van der Waals surface area contributed by atoms with Gasteiger partial charge in [-0.3, -0.25) is 19.4 Å². The van der Waals surface area contributed by atoms with Gasteiger partial charge >= 0.3 is 0 Å². The fourth-order valence-corrected chi connectivity index (χ4v) is 5.14. The Morgan fingerprint density at radius 2 is 1.45 bits per heavy atom. The van der Waals surface area contributed by atoms with Gasteiger partial charge in [-0.15, -0.1) is 0 Å². The fourth-order valence-electron chi connectivity index (χ4n) is 5.14. The molecule has 29 heavy (non-hydrogen) atoms. The highest BCUT2D eigenvalue weighted by Gasteiger charge is 2.29. The number of anilines is 1. The second-order valence-electron chi connectivity index (χ2n) is 9.22. The first kappa shape index (κ1) is 20.4. The molecule has 2 atom stereocenters. The highest BCUT2D eigenvalue weighted by Crippen LogP contribution is 2.27. The molecule has 0 saturated carbocycles. The fraction of sp³-hybridized carbons (Fsp3) is 0.652. The summed E-state index contributed by atoms with van der Waals surface area (Å²) in [4.78, 5) is 34.0. The Morgan fingerprint density at radius 3 is 2.10 bits per heavy atom. The van der Waals surface area contributed by atoms with Crippen LogP contribution in [0.15, 0.2) is 24.3 Å². The third-order valence-corrected chi connectivity index (χ3v) is 6.59. The molecule has 3 aliphatic rings. The van der Waals surface area contributed by atoms with Gasteiger partial charge in [-0.1, -0.05) is 32.0 Å². The highest BCUT2D eigenvalue weighted by atomic mass is 16.2. The van der Waals surface area contributed by atoms with Crippen molar-refractivity contribution in [1.82, 2.24) is 14.7 Å². The van der Waals surface area contributed by atoms with E-state index in [4.69, 9.17) is 0 Å². The van der Waals surface area contributed by atoms with Crippen molar-refractivity contribution < 1.29 is 9.59 Å². The molecular weight excluding hydrogens is 364 g/mol. The zero-order chi connectivity index (χ0) is 20.4. The van der Waals surface area contributed by atoms with Gasteiger partial charge in [-0.05, 0) is 36.3 Å². The minimum Gasteiger partial charge on any atom is -0.341 e. The minimum absolute atomic E-state index is 0.191. The van der Waals surface area contributed by atoms with E-state index < -0.39 is 0 Å². The van der Waals surface area contributed by atoms with E-state index in [0.29, 0.717) is 24.9 Å². The summed E-state index contributed by atoms with van der Waals surface area (Å²) in [6.07, 6.45) is 2.17. The second-order valence-corrected chi connectivity index (χ2v) is 9.22. The number of nitrogens with zero attached hydrogens (tertiary/aromatic N) is 4. The van der Waals surface area contributed by atoms with Gasteiger partial charge in [0, 0.05) is 51.5 Å². The van der Waals surface area contributed by atoms with E-state index in [0.717, 1.165) is 57.9 Å². The lowest BCUT2D eigenvalue weighted by atomic mass is 9.92. The zero-order valence-corrected chi connectivity index (χ0v) is 17.8. The van der Waals surface area contributed by atoms with Gasteiger partial charge in [0.25, 0.3) is 0 Å². The van der Waals surface area contributed by atoms with Crippen molar-refractivity contribution in [3.63, 3.8) is 0 Å². The lowest BCUT2D eigenvalue weighted by molar-refractivity contribution is -0.135. The molecule has 1 aromatic rings. The topological polar surface area (TPSA) is 47.1 Å². The van der Waals surface area contributed by atoms with Crippen LogP contribution in [0.25, 0.3) is 0 Å². The molecule has 2 saturated heterocycles. The normalized spacial score (nSPS) is 25.9. The third kappa shape index (κ3) is 4.81. The molecule has 0 N–H and O–H groups in total. The van der Waals surface area contributed by atoms with Crippen LogP contribution >= 0.6 is 0 Å². The number of carbonyl (C=O) groups is 2. The number of piperidine rings is 1. The van der Waals surface area contributed by atoms with Gasteiger partial charge in [-0.2, -0.15) is 0 Å². The predicted molar refractivity (Wildman–Crippen MR) is 115 cm³/mol. The summed E-state index contributed by atoms with van der Waals surface area (Å²) < 4.78 is 0. The Morgan fingerprint density at radius 1 is 0.862 bits per heavy atom. The van der Waals surface area contributed by atoms with Crippen molar-refractivity contribution in [3.05, 3.63) is 29.8 Å². The van der Waals surface area contributed by atoms with E-state index in [-0.39, 0.29) is 11.8 Å². The van der Waals surface area contributed by atoms with Gasteiger partial charge in [-0.25, -0.2) is 0 Å². The number of likely N-dealkylation sites (tertiary alicyclic amines) is 1. The van der Waals surface area contributed by atoms with E-state index in [1.165, 1.54) is 12.0 Å². The average Bonchev–Trinajstić information content (AvgIpc) is 3.13. The van der Waals surface area contributed by atoms with Crippen LogP contribution < -0.4 is 4.90 Å². The summed E-state index contributed by atoms with van der Waals surface area (Å²) in [5.74, 6) is 1.65. The summed E-state index contributed by atoms with van der Waals surface area (Å²) in [6, 6.07) is 8.21. The Balaban J connectivity index is 1.23. The SMILES string of the molecule is CC1CC(C)CN(C(=O)CN2CCN(CC(=O)N3CCc4ccccc43)CC2)C1. The van der Waals surface area contributed by atoms with E-state index >= 15 is 0 Å². The lowest BCUT2D eigenvalue weighted by Crippen LogP contribution is -2.53. The molecule has 2 amide bonds. The van der Waals surface area contributed by atoms with Crippen molar-refractivity contribution in [3.8, 4) is 0 Å². The molecule has 158 valence electrons. The van der Waals surface area contributed by atoms with Gasteiger partial charge in [0.05, 0.1) is 13.1 Å². The van der Waals surface area contributed by atoms with Crippen molar-refractivity contribution >= 4 is 17.5 Å². The monoisotopic (exact) mass is 398 g/mol. The lowest BCUT2D eigenvalue weighted by Gasteiger charge is -2.38. The Hall–Kier alpha value is -1.92. The average molecular weight is 399 g/mol. The number of fused-ring (bicyclic) bond motifs is 1. The molecule has 3 aliphatic heterocycles. The number of hydrogen-bond donors (Lipinski definition) is 0. The Labute approximate surface area is 174 Å². The number of hydrogen-bond acceptors (Lipinski definition) is 4. The van der Waals surface area contributed by atoms with Crippen molar-refractivity contribution in [2.24, 2.45) is 11.8 Å². The van der Waals surface area contributed by atoms with Crippen LogP contribution in [0.3, 0.4) is 0 Å². The summed E-state index contributed by atoms with van der Waals surface area (Å²) in [6.45, 7) is 11.5. The van der Waals surface area contributed by atoms with Crippen LogP contribution in [0.5, 0.6) is 0 Å². The standard InChI is InChI=1S/C23H34N4O2/c1-18-13-19(2)15-26(14-18)22(28)16-24-9-11-25(12-10-24)17-23(29)27-8-7-20-5-3-4-6-21(20)27/h3-6,18-19H,7-17H2,1-2H3. The first-order valence-corrected chi connectivity index (χ1v) is 11.1. The number of rotatable bonds is 4. The molecule has 0 spiro atoms. The van der Waals surface area contributed by atoms with Crippen LogP contribution in [0, 0.1) is 11.8 Å². The van der Waals surface area contributed by atoms with Crippen molar-refractivity contribution in [1.29, 1.82) is 0 Å². The molecule has 0 aliphatic carbocycles. The van der Waals surface area contributed by atoms with E-state index in [1.807, 2.05) is 23.1 Å². The smallest absolute Gasteiger partial charge is 0.241 e. The third-order valence-electron chi connectivity index (χ3n) is 6.59. The number of amides is 2. The molecule has 1 aromatic carbocycles. The highest BCUT2D eigenvalue weighted by molar-refractivity contribution is 5.96. The maximum atomic E-state index is 12.8. The molecule has 3 heterocycles. The first-order valence-electron chi connectivity index (χ1n) is 11.1. The van der Waals surface area contributed by atoms with Crippen LogP contribution in [-0.4, -0.2) is 85.4 Å². The van der Waals surface area contributed by atoms with Gasteiger partial charge in [0.2, 0.25) is 11.8 Å². The van der Waals surface area contributed by atoms with Crippen molar-refractivity contribution in [2.75, 3.05) is 63.8 Å². The maximum absolute atomic E-state index is 12.8.